The molecule has 0 aromatic heterocycles. The highest BCUT2D eigenvalue weighted by Gasteiger charge is 2.23. The first-order valence-corrected chi connectivity index (χ1v) is 10.1. The fraction of sp³-hybridized carbons (Fsp3) is 0.900. The van der Waals surface area contributed by atoms with E-state index in [1.807, 2.05) is 6.92 Å². The summed E-state index contributed by atoms with van der Waals surface area (Å²) in [5, 5.41) is 3.14. The molecule has 1 aliphatic heterocycles. The molecule has 24 heavy (non-hydrogen) atoms. The van der Waals surface area contributed by atoms with Crippen molar-refractivity contribution in [1.82, 2.24) is 10.2 Å². The van der Waals surface area contributed by atoms with Crippen LogP contribution in [0, 0.1) is 5.92 Å². The van der Waals surface area contributed by atoms with Crippen LogP contribution in [0.2, 0.25) is 0 Å². The molecule has 1 aliphatic carbocycles. The van der Waals surface area contributed by atoms with Crippen molar-refractivity contribution in [2.75, 3.05) is 33.2 Å². The number of nitrogens with one attached hydrogen (secondary N) is 1. The van der Waals surface area contributed by atoms with E-state index in [1.54, 1.807) is 11.3 Å². The molecule has 4 heteroatoms. The fourth-order valence-corrected chi connectivity index (χ4v) is 3.91. The van der Waals surface area contributed by atoms with Gasteiger partial charge in [0.2, 0.25) is 0 Å². The van der Waals surface area contributed by atoms with Gasteiger partial charge in [-0.25, -0.2) is 0 Å². The number of nitrogens with zero attached hydrogens (tertiary/aromatic N) is 1. The average molecular weight is 339 g/mol. The molecule has 0 spiro atoms. The predicted octanol–water partition coefficient (Wildman–Crippen LogP) is 4.27. The van der Waals surface area contributed by atoms with Gasteiger partial charge in [0.05, 0.1) is 19.6 Å². The monoisotopic (exact) mass is 338 g/mol. The van der Waals surface area contributed by atoms with E-state index in [2.05, 4.69) is 24.1 Å². The summed E-state index contributed by atoms with van der Waals surface area (Å²) >= 11 is 0. The van der Waals surface area contributed by atoms with Crippen molar-refractivity contribution in [3.05, 3.63) is 11.3 Å². The summed E-state index contributed by atoms with van der Waals surface area (Å²) in [5.74, 6) is 0.737. The number of allylic oxidation sites excluding steroid dienone is 2. The van der Waals surface area contributed by atoms with E-state index in [1.165, 1.54) is 58.0 Å². The zero-order chi connectivity index (χ0) is 17.2. The predicted molar refractivity (Wildman–Crippen MR) is 99.7 cm³/mol. The normalized spacial score (nSPS) is 20.9. The molecule has 1 N–H and O–H groups in total. The highest BCUT2D eigenvalue weighted by molar-refractivity contribution is 5.18. The number of ether oxygens (including phenoxy) is 2. The van der Waals surface area contributed by atoms with Crippen LogP contribution >= 0.6 is 0 Å². The van der Waals surface area contributed by atoms with Crippen LogP contribution in [0.5, 0.6) is 0 Å². The van der Waals surface area contributed by atoms with E-state index in [9.17, 15) is 0 Å². The Kier molecular flexibility index (Phi) is 9.14. The fourth-order valence-electron chi connectivity index (χ4n) is 3.91. The Morgan fingerprint density at radius 2 is 1.83 bits per heavy atom. The van der Waals surface area contributed by atoms with Crippen LogP contribution in [-0.2, 0) is 9.47 Å². The minimum absolute atomic E-state index is 0.312. The lowest BCUT2D eigenvalue weighted by molar-refractivity contribution is 0.0190. The number of hydrogen-bond donors (Lipinski definition) is 1. The molecule has 140 valence electrons. The lowest BCUT2D eigenvalue weighted by Gasteiger charge is -2.38. The summed E-state index contributed by atoms with van der Waals surface area (Å²) < 4.78 is 11.0. The Labute approximate surface area is 149 Å². The SMILES string of the molecule is CCOCNCO[C@H](C)CCC(C)CN1CCCC2=C1CCCC2. The van der Waals surface area contributed by atoms with E-state index in [-0.39, 0.29) is 0 Å². The van der Waals surface area contributed by atoms with Gasteiger partial charge < -0.3 is 14.4 Å². The first-order chi connectivity index (χ1) is 11.7. The highest BCUT2D eigenvalue weighted by atomic mass is 16.5. The van der Waals surface area contributed by atoms with E-state index >= 15 is 0 Å². The summed E-state index contributed by atoms with van der Waals surface area (Å²) in [4.78, 5) is 2.71. The summed E-state index contributed by atoms with van der Waals surface area (Å²) in [7, 11) is 0. The van der Waals surface area contributed by atoms with Gasteiger partial charge in [0, 0.05) is 25.4 Å². The van der Waals surface area contributed by atoms with Gasteiger partial charge in [-0.2, -0.15) is 0 Å². The molecule has 0 saturated heterocycles. The van der Waals surface area contributed by atoms with E-state index in [4.69, 9.17) is 9.47 Å². The van der Waals surface area contributed by atoms with Crippen LogP contribution in [0.1, 0.15) is 72.1 Å². The molecule has 2 atom stereocenters. The molecule has 4 nitrogen and oxygen atoms in total. The standard InChI is InChI=1S/C20H38N2O2/c1-4-23-15-21-16-24-18(3)12-11-17(2)14-22-13-7-9-19-8-5-6-10-20(19)22/h17-18,21H,4-16H2,1-3H3/t17?,18-/m1/s1. The van der Waals surface area contributed by atoms with Gasteiger partial charge in [0.15, 0.2) is 0 Å². The van der Waals surface area contributed by atoms with Gasteiger partial charge in [-0.3, -0.25) is 5.32 Å². The Hall–Kier alpha value is -0.580. The first-order valence-electron chi connectivity index (χ1n) is 10.1. The van der Waals surface area contributed by atoms with Gasteiger partial charge >= 0.3 is 0 Å². The second-order valence-corrected chi connectivity index (χ2v) is 7.50. The van der Waals surface area contributed by atoms with Crippen molar-refractivity contribution in [2.45, 2.75) is 78.2 Å². The summed E-state index contributed by atoms with van der Waals surface area (Å²) in [6.45, 7) is 11.0. The first kappa shape index (κ1) is 19.7. The van der Waals surface area contributed by atoms with Crippen LogP contribution in [-0.4, -0.2) is 44.2 Å². The van der Waals surface area contributed by atoms with E-state index in [0.717, 1.165) is 18.9 Å². The van der Waals surface area contributed by atoms with Gasteiger partial charge in [0.1, 0.15) is 0 Å². The Balaban J connectivity index is 1.63. The van der Waals surface area contributed by atoms with Crippen molar-refractivity contribution < 1.29 is 9.47 Å². The zero-order valence-electron chi connectivity index (χ0n) is 16.1. The van der Waals surface area contributed by atoms with Crippen LogP contribution in [0.25, 0.3) is 0 Å². The van der Waals surface area contributed by atoms with Crippen LogP contribution in [0.4, 0.5) is 0 Å². The molecular formula is C20H38N2O2. The van der Waals surface area contributed by atoms with Crippen molar-refractivity contribution in [2.24, 2.45) is 5.92 Å². The molecule has 0 bridgehead atoms. The second kappa shape index (κ2) is 11.1. The minimum Gasteiger partial charge on any atom is -0.375 e. The van der Waals surface area contributed by atoms with Crippen LogP contribution in [0.3, 0.4) is 0 Å². The summed E-state index contributed by atoms with van der Waals surface area (Å²) in [6.07, 6.45) is 10.9. The van der Waals surface area contributed by atoms with Crippen molar-refractivity contribution >= 4 is 0 Å². The topological polar surface area (TPSA) is 33.7 Å². The third kappa shape index (κ3) is 6.73. The van der Waals surface area contributed by atoms with E-state index in [0.29, 0.717) is 19.6 Å². The van der Waals surface area contributed by atoms with Gasteiger partial charge in [0.25, 0.3) is 0 Å². The molecule has 0 radical (unpaired) electrons. The maximum absolute atomic E-state index is 5.80. The van der Waals surface area contributed by atoms with Gasteiger partial charge in [-0.15, -0.1) is 0 Å². The molecule has 1 heterocycles. The van der Waals surface area contributed by atoms with Gasteiger partial charge in [-0.1, -0.05) is 12.5 Å². The maximum Gasteiger partial charge on any atom is 0.0986 e. The van der Waals surface area contributed by atoms with Crippen molar-refractivity contribution in [3.63, 3.8) is 0 Å². The summed E-state index contributed by atoms with van der Waals surface area (Å²) in [5.41, 5.74) is 3.49. The molecule has 0 fully saturated rings. The minimum atomic E-state index is 0.312. The number of rotatable bonds is 11. The largest absolute Gasteiger partial charge is 0.375 e. The number of hydrogen-bond acceptors (Lipinski definition) is 4. The van der Waals surface area contributed by atoms with Crippen LogP contribution < -0.4 is 5.32 Å². The Morgan fingerprint density at radius 1 is 1.04 bits per heavy atom. The third-order valence-corrected chi connectivity index (χ3v) is 5.31. The molecule has 1 unspecified atom stereocenters. The quantitative estimate of drug-likeness (QED) is 0.450. The molecule has 0 aromatic rings. The molecule has 2 rings (SSSR count). The van der Waals surface area contributed by atoms with Crippen LogP contribution in [0.15, 0.2) is 11.3 Å². The highest BCUT2D eigenvalue weighted by Crippen LogP contribution is 2.34. The Bertz CT molecular complexity index is 380. The molecule has 0 amide bonds. The maximum atomic E-state index is 5.80. The lowest BCUT2D eigenvalue weighted by Crippen LogP contribution is -2.34. The Morgan fingerprint density at radius 3 is 2.67 bits per heavy atom. The second-order valence-electron chi connectivity index (χ2n) is 7.50. The van der Waals surface area contributed by atoms with E-state index < -0.39 is 0 Å². The van der Waals surface area contributed by atoms with Crippen molar-refractivity contribution in [1.29, 1.82) is 0 Å². The molecule has 0 aromatic carbocycles. The third-order valence-electron chi connectivity index (χ3n) is 5.31. The summed E-state index contributed by atoms with van der Waals surface area (Å²) in [6, 6.07) is 0. The lowest BCUT2D eigenvalue weighted by atomic mass is 9.88. The molecule has 2 aliphatic rings. The zero-order valence-corrected chi connectivity index (χ0v) is 16.1. The van der Waals surface area contributed by atoms with Crippen molar-refractivity contribution in [3.8, 4) is 0 Å². The smallest absolute Gasteiger partial charge is 0.0986 e. The molecular weight excluding hydrogens is 300 g/mol. The average Bonchev–Trinajstić information content (AvgIpc) is 2.60. The van der Waals surface area contributed by atoms with Gasteiger partial charge in [-0.05, 0) is 71.1 Å². The molecule has 0 saturated carbocycles.